The fourth-order valence-corrected chi connectivity index (χ4v) is 2.46. The Bertz CT molecular complexity index is 858. The third kappa shape index (κ3) is 5.28. The Morgan fingerprint density at radius 3 is 2.64 bits per heavy atom. The second-order valence-corrected chi connectivity index (χ2v) is 6.08. The quantitative estimate of drug-likeness (QED) is 0.406. The van der Waals surface area contributed by atoms with Crippen LogP contribution < -0.4 is 11.1 Å². The summed E-state index contributed by atoms with van der Waals surface area (Å²) in [6.45, 7) is 0.453. The van der Waals surface area contributed by atoms with Crippen LogP contribution in [0.5, 0.6) is 0 Å². The lowest BCUT2D eigenvalue weighted by Crippen LogP contribution is -2.42. The molecule has 0 aliphatic carbocycles. The Labute approximate surface area is 159 Å². The van der Waals surface area contributed by atoms with Crippen LogP contribution in [0, 0.1) is 11.6 Å². The minimum absolute atomic E-state index is 0.0315. The molecule has 0 unspecified atom stereocenters. The standard InChI is InChI=1S/C19H20F4N4O/c1-2-25-18(24)19(23,11-20)8-7-12-9-14(4-5-15(12)22)27-17(28)16-6-3-13(21)10-26-16/h3-6,9-10H,2,7-8,11H2,1H3,(H2,24,25)(H,27,28)/t19-/m1/s1. The van der Waals surface area contributed by atoms with Crippen LogP contribution in [-0.4, -0.2) is 35.6 Å². The number of amides is 1. The smallest absolute Gasteiger partial charge is 0.274 e. The molecule has 5 nitrogen and oxygen atoms in total. The van der Waals surface area contributed by atoms with Crippen molar-refractivity contribution >= 4 is 17.4 Å². The van der Waals surface area contributed by atoms with E-state index < -0.39 is 42.1 Å². The van der Waals surface area contributed by atoms with Gasteiger partial charge in [0, 0.05) is 12.2 Å². The van der Waals surface area contributed by atoms with E-state index in [1.54, 1.807) is 6.92 Å². The van der Waals surface area contributed by atoms with Gasteiger partial charge in [-0.2, -0.15) is 0 Å². The molecule has 0 saturated carbocycles. The van der Waals surface area contributed by atoms with E-state index in [2.05, 4.69) is 15.3 Å². The number of halogens is 4. The molecule has 150 valence electrons. The molecule has 1 aromatic heterocycles. The van der Waals surface area contributed by atoms with Crippen LogP contribution >= 0.6 is 0 Å². The number of pyridine rings is 1. The third-order valence-corrected chi connectivity index (χ3v) is 4.05. The number of rotatable bonds is 8. The topological polar surface area (TPSA) is 80.4 Å². The van der Waals surface area contributed by atoms with E-state index in [1.165, 1.54) is 18.2 Å². The largest absolute Gasteiger partial charge is 0.385 e. The molecule has 2 rings (SSSR count). The fourth-order valence-electron chi connectivity index (χ4n) is 2.46. The first-order chi connectivity index (χ1) is 13.3. The summed E-state index contributed by atoms with van der Waals surface area (Å²) < 4.78 is 54.7. The molecule has 0 radical (unpaired) electrons. The van der Waals surface area contributed by atoms with Crippen LogP contribution in [0.25, 0.3) is 0 Å². The second-order valence-electron chi connectivity index (χ2n) is 6.08. The zero-order valence-corrected chi connectivity index (χ0v) is 15.2. The highest BCUT2D eigenvalue weighted by molar-refractivity contribution is 6.02. The zero-order chi connectivity index (χ0) is 20.7. The Morgan fingerprint density at radius 1 is 1.29 bits per heavy atom. The number of aliphatic imine (C=N–C) groups is 1. The van der Waals surface area contributed by atoms with E-state index >= 15 is 0 Å². The van der Waals surface area contributed by atoms with E-state index in [4.69, 9.17) is 5.73 Å². The summed E-state index contributed by atoms with van der Waals surface area (Å²) in [5.74, 6) is -2.32. The first-order valence-electron chi connectivity index (χ1n) is 8.55. The highest BCUT2D eigenvalue weighted by Crippen LogP contribution is 2.24. The average Bonchev–Trinajstić information content (AvgIpc) is 2.68. The van der Waals surface area contributed by atoms with Crippen molar-refractivity contribution in [3.8, 4) is 0 Å². The van der Waals surface area contributed by atoms with Crippen molar-refractivity contribution in [3.05, 3.63) is 59.4 Å². The van der Waals surface area contributed by atoms with Gasteiger partial charge in [0.2, 0.25) is 0 Å². The van der Waals surface area contributed by atoms with Crippen LogP contribution in [0.1, 0.15) is 29.4 Å². The lowest BCUT2D eigenvalue weighted by molar-refractivity contribution is 0.102. The Kier molecular flexibility index (Phi) is 7.08. The van der Waals surface area contributed by atoms with Crippen molar-refractivity contribution in [2.45, 2.75) is 25.4 Å². The lowest BCUT2D eigenvalue weighted by Gasteiger charge is -2.21. The summed E-state index contributed by atoms with van der Waals surface area (Å²) in [5.41, 5.74) is 3.28. The molecule has 2 aromatic rings. The maximum absolute atomic E-state index is 14.6. The summed E-state index contributed by atoms with van der Waals surface area (Å²) in [7, 11) is 0. The molecule has 0 aliphatic rings. The van der Waals surface area contributed by atoms with Gasteiger partial charge in [-0.1, -0.05) is 0 Å². The van der Waals surface area contributed by atoms with Crippen molar-refractivity contribution < 1.29 is 22.4 Å². The summed E-state index contributed by atoms with van der Waals surface area (Å²) in [5, 5.41) is 2.49. The van der Waals surface area contributed by atoms with Crippen molar-refractivity contribution in [1.82, 2.24) is 4.98 Å². The van der Waals surface area contributed by atoms with Gasteiger partial charge >= 0.3 is 0 Å². The van der Waals surface area contributed by atoms with Crippen LogP contribution in [0.2, 0.25) is 0 Å². The number of aromatic nitrogens is 1. The van der Waals surface area contributed by atoms with Crippen LogP contribution in [0.15, 0.2) is 41.5 Å². The molecule has 0 saturated heterocycles. The van der Waals surface area contributed by atoms with Crippen molar-refractivity contribution in [2.24, 2.45) is 10.7 Å². The number of nitrogens with zero attached hydrogens (tertiary/aromatic N) is 2. The number of carbonyl (C=O) groups excluding carboxylic acids is 1. The normalized spacial score (nSPS) is 13.8. The van der Waals surface area contributed by atoms with Gasteiger partial charge in [0.05, 0.1) is 6.20 Å². The molecule has 0 aliphatic heterocycles. The Morgan fingerprint density at radius 2 is 2.04 bits per heavy atom. The molecular formula is C19H20F4N4O. The van der Waals surface area contributed by atoms with E-state index in [9.17, 15) is 22.4 Å². The molecule has 0 fully saturated rings. The molecular weight excluding hydrogens is 376 g/mol. The molecule has 9 heteroatoms. The number of aryl methyl sites for hydroxylation is 1. The van der Waals surface area contributed by atoms with E-state index in [0.717, 1.165) is 18.3 Å². The predicted octanol–water partition coefficient (Wildman–Crippen LogP) is 3.60. The lowest BCUT2D eigenvalue weighted by atomic mass is 9.96. The molecule has 3 N–H and O–H groups in total. The number of nitrogens with two attached hydrogens (primary N) is 1. The molecule has 0 spiro atoms. The van der Waals surface area contributed by atoms with Gasteiger partial charge in [-0.05, 0) is 55.7 Å². The molecule has 28 heavy (non-hydrogen) atoms. The van der Waals surface area contributed by atoms with Gasteiger partial charge in [-0.25, -0.2) is 22.5 Å². The Balaban J connectivity index is 2.13. The second kappa shape index (κ2) is 9.29. The van der Waals surface area contributed by atoms with Gasteiger partial charge in [0.1, 0.15) is 29.8 Å². The van der Waals surface area contributed by atoms with E-state index in [1.807, 2.05) is 0 Å². The number of anilines is 1. The molecule has 1 amide bonds. The monoisotopic (exact) mass is 396 g/mol. The number of alkyl halides is 2. The van der Waals surface area contributed by atoms with Crippen LogP contribution in [0.3, 0.4) is 0 Å². The number of carbonyl (C=O) groups is 1. The van der Waals surface area contributed by atoms with Crippen molar-refractivity contribution in [1.29, 1.82) is 0 Å². The third-order valence-electron chi connectivity index (χ3n) is 4.05. The van der Waals surface area contributed by atoms with Gasteiger partial charge in [0.15, 0.2) is 5.67 Å². The molecule has 1 heterocycles. The van der Waals surface area contributed by atoms with Gasteiger partial charge in [-0.15, -0.1) is 0 Å². The maximum Gasteiger partial charge on any atom is 0.274 e. The Hall–Kier alpha value is -2.97. The molecule has 1 aromatic carbocycles. The first kappa shape index (κ1) is 21.3. The van der Waals surface area contributed by atoms with Crippen LogP contribution in [-0.2, 0) is 6.42 Å². The van der Waals surface area contributed by atoms with E-state index in [0.29, 0.717) is 0 Å². The highest BCUT2D eigenvalue weighted by atomic mass is 19.2. The van der Waals surface area contributed by atoms with Gasteiger partial charge in [-0.3, -0.25) is 9.79 Å². The number of benzene rings is 1. The number of nitrogens with one attached hydrogen (secondary N) is 1. The summed E-state index contributed by atoms with van der Waals surface area (Å²) >= 11 is 0. The summed E-state index contributed by atoms with van der Waals surface area (Å²) in [4.78, 5) is 19.5. The highest BCUT2D eigenvalue weighted by Gasteiger charge is 2.34. The van der Waals surface area contributed by atoms with Gasteiger partial charge < -0.3 is 11.1 Å². The SMILES string of the molecule is CC/N=C(/N)[C@](F)(CF)CCc1cc(NC(=O)c2ccc(F)cn2)ccc1F. The van der Waals surface area contributed by atoms with Crippen molar-refractivity contribution in [3.63, 3.8) is 0 Å². The first-order valence-corrected chi connectivity index (χ1v) is 8.55. The number of hydrogen-bond acceptors (Lipinski definition) is 3. The zero-order valence-electron chi connectivity index (χ0n) is 15.2. The maximum atomic E-state index is 14.6. The minimum atomic E-state index is -2.49. The van der Waals surface area contributed by atoms with Gasteiger partial charge in [0.25, 0.3) is 5.91 Å². The predicted molar refractivity (Wildman–Crippen MR) is 98.8 cm³/mol. The summed E-state index contributed by atoms with van der Waals surface area (Å²) in [6, 6.07) is 6.00. The molecule has 0 bridgehead atoms. The minimum Gasteiger partial charge on any atom is -0.385 e. The average molecular weight is 396 g/mol. The van der Waals surface area contributed by atoms with Crippen molar-refractivity contribution in [2.75, 3.05) is 18.5 Å². The fraction of sp³-hybridized carbons (Fsp3) is 0.316. The number of hydrogen-bond donors (Lipinski definition) is 2. The summed E-state index contributed by atoms with van der Waals surface area (Å²) in [6.07, 6.45) is 0.322. The molecule has 1 atom stereocenters. The number of amidine groups is 1. The van der Waals surface area contributed by atoms with Crippen LogP contribution in [0.4, 0.5) is 23.2 Å². The van der Waals surface area contributed by atoms with E-state index in [-0.39, 0.29) is 29.9 Å².